The van der Waals surface area contributed by atoms with Crippen LogP contribution in [-0.2, 0) is 16.0 Å². The van der Waals surface area contributed by atoms with Gasteiger partial charge in [0.15, 0.2) is 0 Å². The molecule has 1 aromatic rings. The summed E-state index contributed by atoms with van der Waals surface area (Å²) in [6.07, 6.45) is 1.92. The summed E-state index contributed by atoms with van der Waals surface area (Å²) in [5.41, 5.74) is 2.15. The number of hydrogen-bond acceptors (Lipinski definition) is 4. The van der Waals surface area contributed by atoms with Crippen LogP contribution in [0.4, 0.5) is 0 Å². The Morgan fingerprint density at radius 1 is 1.25 bits per heavy atom. The molecule has 0 spiro atoms. The maximum absolute atomic E-state index is 12.9. The molecule has 1 saturated heterocycles. The highest BCUT2D eigenvalue weighted by molar-refractivity contribution is 5.82. The van der Waals surface area contributed by atoms with Crippen molar-refractivity contribution in [3.05, 3.63) is 35.4 Å². The number of ether oxygens (including phenoxy) is 1. The monoisotopic (exact) mass is 332 g/mol. The SMILES string of the molecule is CC(C)C(NC1CCOCC1)C(=O)N[C@H]1c2ccccc2C[C@H]1O. The van der Waals surface area contributed by atoms with Gasteiger partial charge >= 0.3 is 0 Å². The highest BCUT2D eigenvalue weighted by atomic mass is 16.5. The van der Waals surface area contributed by atoms with E-state index in [-0.39, 0.29) is 23.9 Å². The Morgan fingerprint density at radius 3 is 2.67 bits per heavy atom. The summed E-state index contributed by atoms with van der Waals surface area (Å²) in [6.45, 7) is 5.60. The van der Waals surface area contributed by atoms with Crippen molar-refractivity contribution < 1.29 is 14.6 Å². The third-order valence-corrected chi connectivity index (χ3v) is 5.09. The van der Waals surface area contributed by atoms with Crippen LogP contribution in [0.1, 0.15) is 43.9 Å². The lowest BCUT2D eigenvalue weighted by Crippen LogP contribution is -2.53. The molecule has 1 aliphatic carbocycles. The zero-order chi connectivity index (χ0) is 17.1. The van der Waals surface area contributed by atoms with Crippen LogP contribution < -0.4 is 10.6 Å². The van der Waals surface area contributed by atoms with Crippen molar-refractivity contribution in [2.24, 2.45) is 5.92 Å². The molecule has 1 aromatic carbocycles. The number of aliphatic hydroxyl groups is 1. The average Bonchev–Trinajstić information content (AvgIpc) is 2.89. The Bertz CT molecular complexity index is 569. The topological polar surface area (TPSA) is 70.6 Å². The molecular formula is C19H28N2O3. The van der Waals surface area contributed by atoms with E-state index in [9.17, 15) is 9.90 Å². The third-order valence-electron chi connectivity index (χ3n) is 5.09. The molecule has 0 bridgehead atoms. The number of fused-ring (bicyclic) bond motifs is 1. The molecule has 1 amide bonds. The van der Waals surface area contributed by atoms with E-state index in [1.54, 1.807) is 0 Å². The van der Waals surface area contributed by atoms with Crippen molar-refractivity contribution in [2.45, 2.75) is 57.3 Å². The van der Waals surface area contributed by atoms with Gasteiger partial charge in [0, 0.05) is 25.7 Å². The molecule has 1 aliphatic heterocycles. The van der Waals surface area contributed by atoms with E-state index in [4.69, 9.17) is 4.74 Å². The Hall–Kier alpha value is -1.43. The third kappa shape index (κ3) is 3.79. The summed E-state index contributed by atoms with van der Waals surface area (Å²) >= 11 is 0. The molecule has 1 fully saturated rings. The molecular weight excluding hydrogens is 304 g/mol. The van der Waals surface area contributed by atoms with Crippen molar-refractivity contribution in [2.75, 3.05) is 13.2 Å². The fraction of sp³-hybridized carbons (Fsp3) is 0.632. The number of hydrogen-bond donors (Lipinski definition) is 3. The van der Waals surface area contributed by atoms with E-state index < -0.39 is 6.10 Å². The summed E-state index contributed by atoms with van der Waals surface area (Å²) in [4.78, 5) is 12.9. The van der Waals surface area contributed by atoms with Gasteiger partial charge in [-0.25, -0.2) is 0 Å². The second-order valence-corrected chi connectivity index (χ2v) is 7.23. The fourth-order valence-electron chi connectivity index (χ4n) is 3.68. The summed E-state index contributed by atoms with van der Waals surface area (Å²) in [7, 11) is 0. The van der Waals surface area contributed by atoms with Gasteiger partial charge in [0.2, 0.25) is 5.91 Å². The molecule has 0 radical (unpaired) electrons. The summed E-state index contributed by atoms with van der Waals surface area (Å²) in [5, 5.41) is 16.9. The van der Waals surface area contributed by atoms with Gasteiger partial charge in [-0.15, -0.1) is 0 Å². The predicted octanol–water partition coefficient (Wildman–Crippen LogP) is 1.55. The predicted molar refractivity (Wildman–Crippen MR) is 92.6 cm³/mol. The first-order valence-corrected chi connectivity index (χ1v) is 8.96. The van der Waals surface area contributed by atoms with Gasteiger partial charge in [0.1, 0.15) is 0 Å². The van der Waals surface area contributed by atoms with Crippen LogP contribution >= 0.6 is 0 Å². The van der Waals surface area contributed by atoms with Gasteiger partial charge in [-0.3, -0.25) is 4.79 Å². The molecule has 0 aromatic heterocycles. The zero-order valence-electron chi connectivity index (χ0n) is 14.5. The van der Waals surface area contributed by atoms with E-state index in [0.29, 0.717) is 12.5 Å². The molecule has 3 N–H and O–H groups in total. The largest absolute Gasteiger partial charge is 0.390 e. The quantitative estimate of drug-likeness (QED) is 0.765. The maximum Gasteiger partial charge on any atom is 0.237 e. The normalized spacial score (nSPS) is 25.5. The number of amides is 1. The van der Waals surface area contributed by atoms with Gasteiger partial charge in [0.25, 0.3) is 0 Å². The lowest BCUT2D eigenvalue weighted by atomic mass is 9.99. The van der Waals surface area contributed by atoms with Crippen LogP contribution in [0.15, 0.2) is 24.3 Å². The molecule has 1 heterocycles. The summed E-state index contributed by atoms with van der Waals surface area (Å²) in [5.74, 6) is 0.152. The van der Waals surface area contributed by atoms with Gasteiger partial charge in [0.05, 0.1) is 18.2 Å². The minimum atomic E-state index is -0.553. The second-order valence-electron chi connectivity index (χ2n) is 7.23. The molecule has 24 heavy (non-hydrogen) atoms. The first-order chi connectivity index (χ1) is 11.6. The molecule has 0 saturated carbocycles. The van der Waals surface area contributed by atoms with E-state index in [0.717, 1.165) is 37.2 Å². The molecule has 3 rings (SSSR count). The van der Waals surface area contributed by atoms with E-state index in [1.165, 1.54) is 0 Å². The fourth-order valence-corrected chi connectivity index (χ4v) is 3.68. The first kappa shape index (κ1) is 17.4. The lowest BCUT2D eigenvalue weighted by molar-refractivity contribution is -0.126. The van der Waals surface area contributed by atoms with Crippen molar-refractivity contribution in [1.82, 2.24) is 10.6 Å². The minimum absolute atomic E-state index is 0.0303. The van der Waals surface area contributed by atoms with Gasteiger partial charge in [-0.2, -0.15) is 0 Å². The smallest absolute Gasteiger partial charge is 0.237 e. The Balaban J connectivity index is 1.67. The molecule has 3 atom stereocenters. The standard InChI is InChI=1S/C19H28N2O3/c1-12(2)17(20-14-7-9-24-10-8-14)19(23)21-18-15-6-4-3-5-13(15)11-16(18)22/h3-6,12,14,16-18,20,22H,7-11H2,1-2H3,(H,21,23)/t16-,17?,18+/m1/s1. The summed E-state index contributed by atoms with van der Waals surface area (Å²) in [6, 6.07) is 7.69. The minimum Gasteiger partial charge on any atom is -0.390 e. The number of carbonyl (C=O) groups excluding carboxylic acids is 1. The van der Waals surface area contributed by atoms with Crippen LogP contribution in [0.25, 0.3) is 0 Å². The molecule has 5 nitrogen and oxygen atoms in total. The van der Waals surface area contributed by atoms with Gasteiger partial charge in [-0.05, 0) is 29.9 Å². The van der Waals surface area contributed by atoms with Crippen LogP contribution in [0.5, 0.6) is 0 Å². The number of carbonyl (C=O) groups is 1. The van der Waals surface area contributed by atoms with E-state index >= 15 is 0 Å². The average molecular weight is 332 g/mol. The van der Waals surface area contributed by atoms with E-state index in [2.05, 4.69) is 24.5 Å². The highest BCUT2D eigenvalue weighted by Gasteiger charge is 2.34. The maximum atomic E-state index is 12.9. The number of aliphatic hydroxyl groups excluding tert-OH is 1. The number of nitrogens with one attached hydrogen (secondary N) is 2. The van der Waals surface area contributed by atoms with Crippen LogP contribution in [-0.4, -0.2) is 42.4 Å². The summed E-state index contributed by atoms with van der Waals surface area (Å²) < 4.78 is 5.39. The second kappa shape index (κ2) is 7.64. The van der Waals surface area contributed by atoms with Crippen LogP contribution in [0.3, 0.4) is 0 Å². The van der Waals surface area contributed by atoms with Crippen molar-refractivity contribution >= 4 is 5.91 Å². The van der Waals surface area contributed by atoms with Crippen LogP contribution in [0.2, 0.25) is 0 Å². The Morgan fingerprint density at radius 2 is 1.96 bits per heavy atom. The molecule has 5 heteroatoms. The van der Waals surface area contributed by atoms with Crippen molar-refractivity contribution in [3.8, 4) is 0 Å². The first-order valence-electron chi connectivity index (χ1n) is 8.96. The van der Waals surface area contributed by atoms with Gasteiger partial charge in [-0.1, -0.05) is 38.1 Å². The highest BCUT2D eigenvalue weighted by Crippen LogP contribution is 2.31. The molecule has 132 valence electrons. The number of benzene rings is 1. The van der Waals surface area contributed by atoms with Gasteiger partial charge < -0.3 is 20.5 Å². The zero-order valence-corrected chi connectivity index (χ0v) is 14.5. The number of rotatable bonds is 5. The van der Waals surface area contributed by atoms with Crippen LogP contribution in [0, 0.1) is 5.92 Å². The van der Waals surface area contributed by atoms with Crippen molar-refractivity contribution in [3.63, 3.8) is 0 Å². The Kier molecular flexibility index (Phi) is 5.54. The van der Waals surface area contributed by atoms with E-state index in [1.807, 2.05) is 24.3 Å². The lowest BCUT2D eigenvalue weighted by Gasteiger charge is -2.31. The Labute approximate surface area is 143 Å². The van der Waals surface area contributed by atoms with Crippen molar-refractivity contribution in [1.29, 1.82) is 0 Å². The molecule has 1 unspecified atom stereocenters. The molecule has 2 aliphatic rings.